The van der Waals surface area contributed by atoms with Crippen LogP contribution in [-0.4, -0.2) is 23.3 Å². The third kappa shape index (κ3) is 1.61. The van der Waals surface area contributed by atoms with Gasteiger partial charge in [-0.2, -0.15) is 0 Å². The lowest BCUT2D eigenvalue weighted by atomic mass is 9.46. The molecule has 9 atom stereocenters. The van der Waals surface area contributed by atoms with Crippen LogP contribution in [-0.2, 0) is 9.53 Å². The van der Waals surface area contributed by atoms with Crippen LogP contribution >= 0.6 is 0 Å². The summed E-state index contributed by atoms with van der Waals surface area (Å²) in [5.41, 5.74) is 0.769. The molecule has 0 unspecified atom stereocenters. The molecule has 0 aromatic rings. The van der Waals surface area contributed by atoms with Gasteiger partial charge in [0.25, 0.3) is 0 Å². The van der Waals surface area contributed by atoms with E-state index in [1.807, 2.05) is 0 Å². The molecule has 0 bridgehead atoms. The van der Waals surface area contributed by atoms with Crippen LogP contribution in [0.1, 0.15) is 72.1 Å². The Morgan fingerprint density at radius 1 is 1.08 bits per heavy atom. The largest absolute Gasteiger partial charge is 0.462 e. The minimum atomic E-state index is -0.129. The van der Waals surface area contributed by atoms with E-state index >= 15 is 0 Å². The molecule has 5 saturated carbocycles. The Kier molecular flexibility index (Phi) is 2.99. The summed E-state index contributed by atoms with van der Waals surface area (Å²) in [6.07, 6.45) is 9.62. The van der Waals surface area contributed by atoms with Crippen molar-refractivity contribution < 1.29 is 14.6 Å². The van der Waals surface area contributed by atoms with Crippen LogP contribution in [0.3, 0.4) is 0 Å². The second-order valence-electron chi connectivity index (χ2n) is 10.2. The van der Waals surface area contributed by atoms with Gasteiger partial charge in [0.05, 0.1) is 6.10 Å². The van der Waals surface area contributed by atoms with Gasteiger partial charge in [-0.15, -0.1) is 0 Å². The van der Waals surface area contributed by atoms with Gasteiger partial charge in [0, 0.05) is 17.8 Å². The first kappa shape index (κ1) is 15.7. The van der Waals surface area contributed by atoms with Gasteiger partial charge in [0.1, 0.15) is 6.10 Å². The molecule has 0 heterocycles. The number of aliphatic hydroxyl groups excluding tert-OH is 1. The van der Waals surface area contributed by atoms with E-state index in [0.717, 1.165) is 24.7 Å². The highest BCUT2D eigenvalue weighted by Crippen LogP contribution is 2.81. The molecule has 3 nitrogen and oxygen atoms in total. The number of hydrogen-bond donors (Lipinski definition) is 1. The fraction of sp³-hybridized carbons (Fsp3) is 0.952. The zero-order valence-electron chi connectivity index (χ0n) is 15.4. The molecule has 1 spiro atoms. The highest BCUT2D eigenvalue weighted by atomic mass is 16.5. The maximum atomic E-state index is 11.5. The van der Waals surface area contributed by atoms with Crippen LogP contribution in [0.5, 0.6) is 0 Å². The van der Waals surface area contributed by atoms with Crippen molar-refractivity contribution in [3.8, 4) is 0 Å². The maximum Gasteiger partial charge on any atom is 0.302 e. The van der Waals surface area contributed by atoms with Crippen LogP contribution in [0.4, 0.5) is 0 Å². The summed E-state index contributed by atoms with van der Waals surface area (Å²) >= 11 is 0. The van der Waals surface area contributed by atoms with Crippen LogP contribution < -0.4 is 0 Å². The first-order valence-corrected chi connectivity index (χ1v) is 10.2. The summed E-state index contributed by atoms with van der Waals surface area (Å²) in [5, 5.41) is 11.1. The van der Waals surface area contributed by atoms with Crippen molar-refractivity contribution in [1.29, 1.82) is 0 Å². The number of carbonyl (C=O) groups excluding carboxylic acids is 1. The zero-order valence-corrected chi connectivity index (χ0v) is 15.4. The van der Waals surface area contributed by atoms with Gasteiger partial charge in [-0.25, -0.2) is 0 Å². The SMILES string of the molecule is CC(=O)O[C@H]1CC[C@H]2[C@@H]3C[C@@H](O)[C@]45C[C@@H]4CC[C@]5(C)[C@H]3CC[C@]12C. The molecule has 0 saturated heterocycles. The Morgan fingerprint density at radius 3 is 2.58 bits per heavy atom. The summed E-state index contributed by atoms with van der Waals surface area (Å²) in [6, 6.07) is 0. The first-order chi connectivity index (χ1) is 11.3. The quantitative estimate of drug-likeness (QED) is 0.740. The number of carbonyl (C=O) groups is 1. The molecule has 0 aliphatic heterocycles. The van der Waals surface area contributed by atoms with E-state index in [4.69, 9.17) is 4.74 Å². The number of hydrogen-bond acceptors (Lipinski definition) is 3. The van der Waals surface area contributed by atoms with E-state index in [1.54, 1.807) is 6.92 Å². The third-order valence-corrected chi connectivity index (χ3v) is 9.79. The number of esters is 1. The van der Waals surface area contributed by atoms with Crippen molar-refractivity contribution in [1.82, 2.24) is 0 Å². The van der Waals surface area contributed by atoms with Crippen molar-refractivity contribution in [3.05, 3.63) is 0 Å². The molecule has 0 radical (unpaired) electrons. The van der Waals surface area contributed by atoms with E-state index in [2.05, 4.69) is 13.8 Å². The maximum absolute atomic E-state index is 11.5. The van der Waals surface area contributed by atoms with Crippen molar-refractivity contribution in [2.45, 2.75) is 84.3 Å². The van der Waals surface area contributed by atoms with Crippen molar-refractivity contribution >= 4 is 5.97 Å². The standard InChI is InChI=1S/C21H32O3/c1-12(22)24-18-5-4-15-14-10-17(23)21-11-13(21)6-9-20(21,3)16(14)7-8-19(15,18)2/h13-18,23H,4-11H2,1-3H3/t13-,14-,15-,16-,17+,18-,19-,20+,21-/m0/s1. The highest BCUT2D eigenvalue weighted by molar-refractivity contribution is 5.66. The average Bonchev–Trinajstić information content (AvgIpc) is 3.07. The molecular formula is C21H32O3. The van der Waals surface area contributed by atoms with Crippen molar-refractivity contribution in [2.75, 3.05) is 0 Å². The molecule has 134 valence electrons. The highest BCUT2D eigenvalue weighted by Gasteiger charge is 2.77. The molecule has 5 rings (SSSR count). The fourth-order valence-corrected chi connectivity index (χ4v) is 8.66. The Hall–Kier alpha value is -0.570. The summed E-state index contributed by atoms with van der Waals surface area (Å²) in [4.78, 5) is 11.5. The lowest BCUT2D eigenvalue weighted by Gasteiger charge is -2.59. The predicted octanol–water partition coefficient (Wildman–Crippen LogP) is 3.93. The molecule has 0 aromatic heterocycles. The van der Waals surface area contributed by atoms with E-state index in [1.165, 1.54) is 38.5 Å². The lowest BCUT2D eigenvalue weighted by molar-refractivity contribution is -0.170. The van der Waals surface area contributed by atoms with Gasteiger partial charge in [-0.05, 0) is 80.5 Å². The second kappa shape index (κ2) is 4.58. The normalized spacial score (nSPS) is 60.7. The molecule has 3 heteroatoms. The van der Waals surface area contributed by atoms with Gasteiger partial charge < -0.3 is 9.84 Å². The molecule has 0 aromatic carbocycles. The molecule has 0 amide bonds. The third-order valence-electron chi connectivity index (χ3n) is 9.79. The number of ether oxygens (including phenoxy) is 1. The Morgan fingerprint density at radius 2 is 1.88 bits per heavy atom. The van der Waals surface area contributed by atoms with Crippen LogP contribution in [0.15, 0.2) is 0 Å². The average molecular weight is 332 g/mol. The minimum Gasteiger partial charge on any atom is -0.462 e. The summed E-state index contributed by atoms with van der Waals surface area (Å²) in [6.45, 7) is 6.42. The molecule has 24 heavy (non-hydrogen) atoms. The summed E-state index contributed by atoms with van der Waals surface area (Å²) < 4.78 is 5.73. The van der Waals surface area contributed by atoms with E-state index in [9.17, 15) is 9.90 Å². The van der Waals surface area contributed by atoms with Crippen LogP contribution in [0, 0.1) is 39.9 Å². The molecule has 5 aliphatic carbocycles. The van der Waals surface area contributed by atoms with Gasteiger partial charge in [-0.1, -0.05) is 13.8 Å². The van der Waals surface area contributed by atoms with E-state index in [-0.39, 0.29) is 29.0 Å². The fourth-order valence-electron chi connectivity index (χ4n) is 8.66. The smallest absolute Gasteiger partial charge is 0.302 e. The summed E-state index contributed by atoms with van der Waals surface area (Å²) in [5.74, 6) is 2.72. The topological polar surface area (TPSA) is 46.5 Å². The molecular weight excluding hydrogens is 300 g/mol. The molecule has 5 aliphatic rings. The number of fused-ring (bicyclic) bond motifs is 4. The van der Waals surface area contributed by atoms with Crippen molar-refractivity contribution in [2.24, 2.45) is 39.9 Å². The minimum absolute atomic E-state index is 0.0913. The lowest BCUT2D eigenvalue weighted by Crippen LogP contribution is -2.57. The Bertz CT molecular complexity index is 588. The van der Waals surface area contributed by atoms with Gasteiger partial charge >= 0.3 is 5.97 Å². The van der Waals surface area contributed by atoms with Gasteiger partial charge in [0.15, 0.2) is 0 Å². The van der Waals surface area contributed by atoms with E-state index in [0.29, 0.717) is 17.3 Å². The van der Waals surface area contributed by atoms with E-state index < -0.39 is 0 Å². The van der Waals surface area contributed by atoms with Crippen LogP contribution in [0.25, 0.3) is 0 Å². The van der Waals surface area contributed by atoms with Gasteiger partial charge in [-0.3, -0.25) is 4.79 Å². The number of rotatable bonds is 1. The zero-order chi connectivity index (χ0) is 16.9. The number of aliphatic hydroxyl groups is 1. The predicted molar refractivity (Wildman–Crippen MR) is 91.1 cm³/mol. The Labute approximate surface area is 145 Å². The van der Waals surface area contributed by atoms with Gasteiger partial charge in [0.2, 0.25) is 0 Å². The monoisotopic (exact) mass is 332 g/mol. The molecule has 1 N–H and O–H groups in total. The summed E-state index contributed by atoms with van der Waals surface area (Å²) in [7, 11) is 0. The molecule has 5 fully saturated rings. The first-order valence-electron chi connectivity index (χ1n) is 10.2. The van der Waals surface area contributed by atoms with Crippen molar-refractivity contribution in [3.63, 3.8) is 0 Å². The van der Waals surface area contributed by atoms with Crippen LogP contribution in [0.2, 0.25) is 0 Å². The Balaban J connectivity index is 1.47. The second-order valence-corrected chi connectivity index (χ2v) is 10.2.